The number of hydrogen-bond donors (Lipinski definition) is 2. The Morgan fingerprint density at radius 3 is 2.28 bits per heavy atom. The van der Waals surface area contributed by atoms with Gasteiger partial charge in [0.2, 0.25) is 0 Å². The third-order valence-corrected chi connectivity index (χ3v) is 12.4. The number of aliphatic carboxylic acids is 1. The van der Waals surface area contributed by atoms with E-state index in [1.807, 2.05) is 24.3 Å². The molecule has 0 amide bonds. The summed E-state index contributed by atoms with van der Waals surface area (Å²) in [7, 11) is 0. The number of carboxylic acid groups (broad SMARTS) is 1. The van der Waals surface area contributed by atoms with E-state index in [9.17, 15) is 9.90 Å². The van der Waals surface area contributed by atoms with Crippen LogP contribution < -0.4 is 9.67 Å². The molecule has 2 aromatic carbocycles. The van der Waals surface area contributed by atoms with Crippen molar-refractivity contribution in [1.29, 1.82) is 0 Å². The predicted octanol–water partition coefficient (Wildman–Crippen LogP) is 6.82. The molecule has 2 unspecified atom stereocenters. The van der Waals surface area contributed by atoms with Gasteiger partial charge in [-0.3, -0.25) is 0 Å². The van der Waals surface area contributed by atoms with E-state index in [2.05, 4.69) is 58.1 Å². The number of halogens is 1. The zero-order valence-electron chi connectivity index (χ0n) is 18.1. The van der Waals surface area contributed by atoms with Gasteiger partial charge in [0.1, 0.15) is 0 Å². The fraction of sp³-hybridized carbons (Fsp3) is 0.458. The number of carboxylic acids is 1. The van der Waals surface area contributed by atoms with Gasteiger partial charge in [0, 0.05) is 0 Å². The van der Waals surface area contributed by atoms with Gasteiger partial charge in [-0.25, -0.2) is 0 Å². The van der Waals surface area contributed by atoms with Crippen LogP contribution in [0.2, 0.25) is 14.9 Å². The first kappa shape index (κ1) is 23.8. The van der Waals surface area contributed by atoms with E-state index in [0.717, 1.165) is 23.4 Å². The molecule has 0 aliphatic heterocycles. The van der Waals surface area contributed by atoms with E-state index in [-0.39, 0.29) is 12.3 Å². The Balaban J connectivity index is 2.50. The maximum atomic E-state index is 11.3. The Kier molecular flexibility index (Phi) is 9.11. The molecule has 0 fully saturated rings. The van der Waals surface area contributed by atoms with Crippen molar-refractivity contribution in [3.8, 4) is 0 Å². The Bertz CT molecular complexity index is 805. The minimum absolute atomic E-state index is 0.0254. The van der Waals surface area contributed by atoms with Crippen molar-refractivity contribution < 1.29 is 9.90 Å². The van der Waals surface area contributed by atoms with Gasteiger partial charge >= 0.3 is 185 Å². The fourth-order valence-electron chi connectivity index (χ4n) is 3.54. The predicted molar refractivity (Wildman–Crippen MR) is 127 cm³/mol. The van der Waals surface area contributed by atoms with Crippen LogP contribution in [0.25, 0.3) is 0 Å². The third-order valence-electron chi connectivity index (χ3n) is 5.02. The zero-order valence-corrected chi connectivity index (χ0v) is 20.7. The standard InChI is InChI=1S/C24H33AsClNO2/c1-6-18(14-24(28)29)19-7-12-22(25(17(4)5)15-16(2)3)23(13-19)27-21-10-8-20(26)9-11-21/h7-13,16-18,27H,6,14-15H2,1-5H3,(H,28,29). The summed E-state index contributed by atoms with van der Waals surface area (Å²) >= 11 is 4.76. The van der Waals surface area contributed by atoms with Gasteiger partial charge in [-0.15, -0.1) is 0 Å². The average Bonchev–Trinajstić information content (AvgIpc) is 2.65. The Morgan fingerprint density at radius 2 is 1.76 bits per heavy atom. The molecule has 0 aliphatic carbocycles. The molecule has 2 N–H and O–H groups in total. The van der Waals surface area contributed by atoms with Crippen LogP contribution in [0, 0.1) is 5.92 Å². The van der Waals surface area contributed by atoms with E-state index in [1.165, 1.54) is 9.56 Å². The SMILES string of the molecule is CCC(CC(=O)O)c1ccc([As](CC(C)C)C(C)C)c(Nc2ccc(Cl)cc2)c1. The summed E-state index contributed by atoms with van der Waals surface area (Å²) in [5, 5.41) is 14.9. The van der Waals surface area contributed by atoms with Crippen molar-refractivity contribution in [2.24, 2.45) is 5.92 Å². The van der Waals surface area contributed by atoms with Crippen molar-refractivity contribution in [3.63, 3.8) is 0 Å². The molecule has 0 saturated carbocycles. The second-order valence-electron chi connectivity index (χ2n) is 8.25. The molecule has 2 rings (SSSR count). The van der Waals surface area contributed by atoms with Gasteiger partial charge in [0.05, 0.1) is 0 Å². The first-order chi connectivity index (χ1) is 13.7. The summed E-state index contributed by atoms with van der Waals surface area (Å²) in [6.45, 7) is 11.3. The van der Waals surface area contributed by atoms with Crippen LogP contribution in [0.15, 0.2) is 42.5 Å². The molecule has 0 bridgehead atoms. The van der Waals surface area contributed by atoms with E-state index in [4.69, 9.17) is 11.6 Å². The number of rotatable bonds is 10. The van der Waals surface area contributed by atoms with Crippen molar-refractivity contribution in [2.75, 3.05) is 5.32 Å². The molecular formula is C24H33AsClNO2. The zero-order chi connectivity index (χ0) is 21.6. The summed E-state index contributed by atoms with van der Waals surface area (Å²) in [6, 6.07) is 14.4. The molecule has 0 aliphatic rings. The van der Waals surface area contributed by atoms with Crippen molar-refractivity contribution in [2.45, 2.75) is 63.3 Å². The molecule has 0 heterocycles. The summed E-state index contributed by atoms with van der Waals surface area (Å²) in [4.78, 5) is 11.3. The second-order valence-corrected chi connectivity index (χ2v) is 14.6. The molecule has 29 heavy (non-hydrogen) atoms. The van der Waals surface area contributed by atoms with Crippen LogP contribution in [0.4, 0.5) is 11.4 Å². The Hall–Kier alpha value is -1.44. The van der Waals surface area contributed by atoms with Gasteiger partial charge < -0.3 is 0 Å². The van der Waals surface area contributed by atoms with Crippen LogP contribution in [-0.2, 0) is 4.79 Å². The molecule has 158 valence electrons. The van der Waals surface area contributed by atoms with Crippen LogP contribution in [0.5, 0.6) is 0 Å². The second kappa shape index (κ2) is 11.1. The monoisotopic (exact) mass is 477 g/mol. The van der Waals surface area contributed by atoms with E-state index in [1.54, 1.807) is 0 Å². The molecule has 3 nitrogen and oxygen atoms in total. The van der Waals surface area contributed by atoms with Crippen molar-refractivity contribution in [1.82, 2.24) is 0 Å². The summed E-state index contributed by atoms with van der Waals surface area (Å²) < 4.78 is 2.09. The fourth-order valence-corrected chi connectivity index (χ4v) is 9.24. The Labute approximate surface area is 185 Å². The summed E-state index contributed by atoms with van der Waals surface area (Å²) in [5.41, 5.74) is 3.22. The molecule has 0 saturated heterocycles. The minimum atomic E-state index is -1.29. The number of carbonyl (C=O) groups is 1. The van der Waals surface area contributed by atoms with E-state index >= 15 is 0 Å². The molecule has 5 heteroatoms. The number of nitrogens with one attached hydrogen (secondary N) is 1. The van der Waals surface area contributed by atoms with E-state index in [0.29, 0.717) is 15.6 Å². The quantitative estimate of drug-likeness (QED) is 0.369. The molecule has 2 atom stereocenters. The average molecular weight is 478 g/mol. The van der Waals surface area contributed by atoms with Gasteiger partial charge in [0.15, 0.2) is 0 Å². The number of hydrogen-bond acceptors (Lipinski definition) is 2. The number of benzene rings is 2. The summed E-state index contributed by atoms with van der Waals surface area (Å²) in [5.74, 6) is -0.0591. The van der Waals surface area contributed by atoms with Crippen LogP contribution >= 0.6 is 11.6 Å². The van der Waals surface area contributed by atoms with Crippen LogP contribution in [-0.4, -0.2) is 25.7 Å². The van der Waals surface area contributed by atoms with Gasteiger partial charge in [-0.1, -0.05) is 0 Å². The van der Waals surface area contributed by atoms with Crippen molar-refractivity contribution in [3.05, 3.63) is 53.1 Å². The third kappa shape index (κ3) is 7.08. The van der Waals surface area contributed by atoms with Crippen LogP contribution in [0.1, 0.15) is 58.9 Å². The Morgan fingerprint density at radius 1 is 1.10 bits per heavy atom. The van der Waals surface area contributed by atoms with Crippen molar-refractivity contribution >= 4 is 47.9 Å². The first-order valence-electron chi connectivity index (χ1n) is 10.4. The topological polar surface area (TPSA) is 49.3 Å². The number of anilines is 2. The summed E-state index contributed by atoms with van der Waals surface area (Å²) in [6.07, 6.45) is 0.970. The van der Waals surface area contributed by atoms with Gasteiger partial charge in [0.25, 0.3) is 0 Å². The van der Waals surface area contributed by atoms with Crippen LogP contribution in [0.3, 0.4) is 0 Å². The molecule has 0 aromatic heterocycles. The normalized spacial score (nSPS) is 13.5. The maximum absolute atomic E-state index is 11.3. The molecule has 0 spiro atoms. The molecular weight excluding hydrogens is 445 g/mol. The van der Waals surface area contributed by atoms with Gasteiger partial charge in [-0.05, 0) is 0 Å². The molecule has 0 radical (unpaired) electrons. The van der Waals surface area contributed by atoms with E-state index < -0.39 is 20.6 Å². The molecule has 2 aromatic rings. The first-order valence-corrected chi connectivity index (χ1v) is 14.1. The van der Waals surface area contributed by atoms with Gasteiger partial charge in [-0.2, -0.15) is 0 Å².